The summed E-state index contributed by atoms with van der Waals surface area (Å²) in [5, 5.41) is 5.96. The molecule has 0 bridgehead atoms. The molecule has 1 aromatic heterocycles. The second kappa shape index (κ2) is 6.30. The zero-order valence-electron chi connectivity index (χ0n) is 14.2. The molecule has 0 saturated carbocycles. The van der Waals surface area contributed by atoms with Crippen molar-refractivity contribution in [3.05, 3.63) is 71.3 Å². The number of aryl methyl sites for hydroxylation is 2. The summed E-state index contributed by atoms with van der Waals surface area (Å²) in [4.78, 5) is 16.9. The molecule has 1 heterocycles. The normalized spacial score (nSPS) is 11.1. The summed E-state index contributed by atoms with van der Waals surface area (Å²) in [6.07, 6.45) is 0.359. The first-order valence-electron chi connectivity index (χ1n) is 8.24. The highest BCUT2D eigenvalue weighted by Gasteiger charge is 2.11. The number of benzene rings is 3. The van der Waals surface area contributed by atoms with E-state index < -0.39 is 0 Å². The lowest BCUT2D eigenvalue weighted by Crippen LogP contribution is -2.14. The minimum absolute atomic E-state index is 0.0355. The summed E-state index contributed by atoms with van der Waals surface area (Å²) in [5.74, 6) is -0.0355. The largest absolute Gasteiger partial charge is 0.302 e. The zero-order chi connectivity index (χ0) is 17.4. The summed E-state index contributed by atoms with van der Waals surface area (Å²) >= 11 is 1.53. The molecule has 0 unspecified atom stereocenters. The maximum atomic E-state index is 12.4. The predicted octanol–water partition coefficient (Wildman–Crippen LogP) is 5.25. The third kappa shape index (κ3) is 3.13. The van der Waals surface area contributed by atoms with Crippen LogP contribution >= 0.6 is 11.3 Å². The van der Waals surface area contributed by atoms with Crippen LogP contribution in [0.4, 0.5) is 5.13 Å². The van der Waals surface area contributed by atoms with Gasteiger partial charge in [0.05, 0.1) is 16.6 Å². The first-order chi connectivity index (χ1) is 12.1. The second-order valence-electron chi connectivity index (χ2n) is 6.30. The number of thiazole rings is 1. The van der Waals surface area contributed by atoms with Crippen molar-refractivity contribution in [1.82, 2.24) is 4.98 Å². The van der Waals surface area contributed by atoms with E-state index in [-0.39, 0.29) is 5.91 Å². The van der Waals surface area contributed by atoms with Crippen LogP contribution in [-0.4, -0.2) is 10.9 Å². The van der Waals surface area contributed by atoms with Crippen LogP contribution in [0.5, 0.6) is 0 Å². The molecule has 1 amide bonds. The molecule has 3 nitrogen and oxygen atoms in total. The minimum Gasteiger partial charge on any atom is -0.302 e. The molecule has 0 aliphatic heterocycles. The Labute approximate surface area is 150 Å². The van der Waals surface area contributed by atoms with Crippen molar-refractivity contribution < 1.29 is 4.79 Å². The van der Waals surface area contributed by atoms with E-state index in [1.54, 1.807) is 0 Å². The monoisotopic (exact) mass is 346 g/mol. The van der Waals surface area contributed by atoms with E-state index in [0.29, 0.717) is 11.6 Å². The van der Waals surface area contributed by atoms with Gasteiger partial charge in [-0.1, -0.05) is 59.9 Å². The quantitative estimate of drug-likeness (QED) is 0.551. The fourth-order valence-electron chi connectivity index (χ4n) is 2.97. The third-order valence-corrected chi connectivity index (χ3v) is 5.48. The fourth-order valence-corrected chi connectivity index (χ4v) is 3.99. The molecule has 0 fully saturated rings. The molecule has 124 valence electrons. The molecule has 0 aliphatic carbocycles. The average molecular weight is 346 g/mol. The number of carbonyl (C=O) groups is 1. The number of nitrogens with zero attached hydrogens (tertiary/aromatic N) is 1. The fraction of sp³-hybridized carbons (Fsp3) is 0.143. The summed E-state index contributed by atoms with van der Waals surface area (Å²) in [5.41, 5.74) is 4.39. The molecular formula is C21H18N2OS. The molecule has 25 heavy (non-hydrogen) atoms. The molecule has 0 aliphatic rings. The van der Waals surface area contributed by atoms with Crippen LogP contribution in [0, 0.1) is 13.8 Å². The van der Waals surface area contributed by atoms with Gasteiger partial charge in [-0.2, -0.15) is 0 Å². The van der Waals surface area contributed by atoms with E-state index >= 15 is 0 Å². The molecule has 4 rings (SSSR count). The highest BCUT2D eigenvalue weighted by molar-refractivity contribution is 7.23. The number of hydrogen-bond acceptors (Lipinski definition) is 3. The van der Waals surface area contributed by atoms with Gasteiger partial charge in [-0.05, 0) is 42.0 Å². The highest BCUT2D eigenvalue weighted by atomic mass is 32.1. The van der Waals surface area contributed by atoms with Crippen LogP contribution in [-0.2, 0) is 11.2 Å². The van der Waals surface area contributed by atoms with Crippen molar-refractivity contribution in [1.29, 1.82) is 0 Å². The Balaban J connectivity index is 1.58. The number of anilines is 1. The third-order valence-electron chi connectivity index (χ3n) is 4.46. The molecule has 1 N–H and O–H groups in total. The average Bonchev–Trinajstić information content (AvgIpc) is 3.01. The van der Waals surface area contributed by atoms with E-state index in [1.165, 1.54) is 33.2 Å². The van der Waals surface area contributed by atoms with Crippen molar-refractivity contribution in [2.45, 2.75) is 20.3 Å². The maximum absolute atomic E-state index is 12.4. The number of nitrogens with one attached hydrogen (secondary N) is 1. The van der Waals surface area contributed by atoms with E-state index in [1.807, 2.05) is 24.3 Å². The summed E-state index contributed by atoms with van der Waals surface area (Å²) in [6, 6.07) is 18.4. The molecule has 0 radical (unpaired) electrons. The summed E-state index contributed by atoms with van der Waals surface area (Å²) in [6.45, 7) is 4.14. The Morgan fingerprint density at radius 2 is 1.88 bits per heavy atom. The summed E-state index contributed by atoms with van der Waals surface area (Å²) < 4.78 is 1.11. The molecule has 0 atom stereocenters. The van der Waals surface area contributed by atoms with Gasteiger partial charge in [-0.3, -0.25) is 4.79 Å². The molecule has 4 heteroatoms. The maximum Gasteiger partial charge on any atom is 0.230 e. The van der Waals surface area contributed by atoms with E-state index in [2.05, 4.69) is 54.5 Å². The first-order valence-corrected chi connectivity index (χ1v) is 9.06. The standard InChI is InChI=1S/C21H18N2OS/c1-13-7-8-15(11-14(13)2)12-19(24)23-21-22-18-10-9-16-5-3-4-6-17(16)20(18)25-21/h3-11H,12H2,1-2H3,(H,22,23,24). The van der Waals surface area contributed by atoms with Gasteiger partial charge >= 0.3 is 0 Å². The second-order valence-corrected chi connectivity index (χ2v) is 7.30. The SMILES string of the molecule is Cc1ccc(CC(=O)Nc2nc3ccc4ccccc4c3s2)cc1C. The van der Waals surface area contributed by atoms with Crippen molar-refractivity contribution >= 4 is 43.4 Å². The van der Waals surface area contributed by atoms with Crippen LogP contribution in [0.3, 0.4) is 0 Å². The summed E-state index contributed by atoms with van der Waals surface area (Å²) in [7, 11) is 0. The van der Waals surface area contributed by atoms with E-state index in [9.17, 15) is 4.79 Å². The lowest BCUT2D eigenvalue weighted by atomic mass is 10.0. The van der Waals surface area contributed by atoms with Gasteiger partial charge in [-0.25, -0.2) is 4.98 Å². The number of amides is 1. The van der Waals surface area contributed by atoms with Crippen molar-refractivity contribution in [3.8, 4) is 0 Å². The Morgan fingerprint density at radius 1 is 1.04 bits per heavy atom. The highest BCUT2D eigenvalue weighted by Crippen LogP contribution is 2.32. The number of carbonyl (C=O) groups excluding carboxylic acids is 1. The zero-order valence-corrected chi connectivity index (χ0v) is 15.0. The minimum atomic E-state index is -0.0355. The van der Waals surface area contributed by atoms with Crippen molar-refractivity contribution in [2.24, 2.45) is 0 Å². The van der Waals surface area contributed by atoms with Crippen LogP contribution in [0.25, 0.3) is 21.0 Å². The van der Waals surface area contributed by atoms with Crippen LogP contribution in [0.15, 0.2) is 54.6 Å². The first kappa shape index (κ1) is 15.8. The van der Waals surface area contributed by atoms with Crippen LogP contribution < -0.4 is 5.32 Å². The van der Waals surface area contributed by atoms with Gasteiger partial charge in [0.15, 0.2) is 5.13 Å². The van der Waals surface area contributed by atoms with E-state index in [0.717, 1.165) is 15.8 Å². The van der Waals surface area contributed by atoms with Crippen LogP contribution in [0.2, 0.25) is 0 Å². The van der Waals surface area contributed by atoms with Gasteiger partial charge in [-0.15, -0.1) is 0 Å². The Morgan fingerprint density at radius 3 is 2.72 bits per heavy atom. The van der Waals surface area contributed by atoms with Gasteiger partial charge in [0.25, 0.3) is 0 Å². The molecule has 0 saturated heterocycles. The van der Waals surface area contributed by atoms with E-state index in [4.69, 9.17) is 0 Å². The van der Waals surface area contributed by atoms with Gasteiger partial charge in [0.2, 0.25) is 5.91 Å². The van der Waals surface area contributed by atoms with Crippen LogP contribution in [0.1, 0.15) is 16.7 Å². The Hall–Kier alpha value is -2.72. The smallest absolute Gasteiger partial charge is 0.230 e. The lowest BCUT2D eigenvalue weighted by molar-refractivity contribution is -0.115. The van der Waals surface area contributed by atoms with Crippen molar-refractivity contribution in [2.75, 3.05) is 5.32 Å². The van der Waals surface area contributed by atoms with Gasteiger partial charge < -0.3 is 5.32 Å². The Bertz CT molecular complexity index is 1100. The van der Waals surface area contributed by atoms with Gasteiger partial charge in [0, 0.05) is 5.39 Å². The number of hydrogen-bond donors (Lipinski definition) is 1. The van der Waals surface area contributed by atoms with Gasteiger partial charge in [0.1, 0.15) is 0 Å². The molecule has 0 spiro atoms. The number of aromatic nitrogens is 1. The predicted molar refractivity (Wildman–Crippen MR) is 105 cm³/mol. The number of rotatable bonds is 3. The number of fused-ring (bicyclic) bond motifs is 3. The molecule has 4 aromatic rings. The Kier molecular flexibility index (Phi) is 3.98. The molecular weight excluding hydrogens is 328 g/mol. The molecule has 3 aromatic carbocycles. The van der Waals surface area contributed by atoms with Crippen molar-refractivity contribution in [3.63, 3.8) is 0 Å². The topological polar surface area (TPSA) is 42.0 Å². The lowest BCUT2D eigenvalue weighted by Gasteiger charge is -2.05.